The van der Waals surface area contributed by atoms with Gasteiger partial charge in [0, 0.05) is 13.2 Å². The van der Waals surface area contributed by atoms with E-state index in [1.54, 1.807) is 14.0 Å². The summed E-state index contributed by atoms with van der Waals surface area (Å²) in [6, 6.07) is -0.388. The maximum absolute atomic E-state index is 11.2. The molecular formula is C8H12BrN5O. The monoisotopic (exact) mass is 273 g/mol. The SMILES string of the molecule is CNC(=O)C(C)Nc1nc(N)ncc1Br. The Kier molecular flexibility index (Phi) is 3.84. The number of amides is 1. The normalized spacial score (nSPS) is 11.9. The lowest BCUT2D eigenvalue weighted by atomic mass is 10.3. The Morgan fingerprint density at radius 2 is 2.33 bits per heavy atom. The molecule has 0 saturated carbocycles. The van der Waals surface area contributed by atoms with E-state index in [0.29, 0.717) is 10.3 Å². The molecule has 1 amide bonds. The van der Waals surface area contributed by atoms with Gasteiger partial charge in [-0.1, -0.05) is 0 Å². The highest BCUT2D eigenvalue weighted by atomic mass is 79.9. The summed E-state index contributed by atoms with van der Waals surface area (Å²) in [5.41, 5.74) is 5.43. The molecule has 0 saturated heterocycles. The Bertz CT molecular complexity index is 370. The molecule has 1 aromatic rings. The van der Waals surface area contributed by atoms with Gasteiger partial charge in [0.15, 0.2) is 0 Å². The molecule has 82 valence electrons. The van der Waals surface area contributed by atoms with Crippen LogP contribution in [0.15, 0.2) is 10.7 Å². The topological polar surface area (TPSA) is 92.9 Å². The molecule has 6 nitrogen and oxygen atoms in total. The standard InChI is InChI=1S/C8H12BrN5O/c1-4(7(15)11-2)13-6-5(9)3-12-8(10)14-6/h3-4H,1-2H3,(H,11,15)(H3,10,12,13,14). The fraction of sp³-hybridized carbons (Fsp3) is 0.375. The molecule has 0 aliphatic carbocycles. The zero-order valence-electron chi connectivity index (χ0n) is 8.41. The van der Waals surface area contributed by atoms with Gasteiger partial charge in [-0.3, -0.25) is 4.79 Å². The third kappa shape index (κ3) is 3.05. The minimum Gasteiger partial charge on any atom is -0.368 e. The van der Waals surface area contributed by atoms with Gasteiger partial charge in [-0.05, 0) is 22.9 Å². The maximum atomic E-state index is 11.2. The van der Waals surface area contributed by atoms with Gasteiger partial charge in [0.25, 0.3) is 0 Å². The van der Waals surface area contributed by atoms with Crippen molar-refractivity contribution in [3.8, 4) is 0 Å². The third-order valence-electron chi connectivity index (χ3n) is 1.76. The van der Waals surface area contributed by atoms with Crippen molar-refractivity contribution in [2.24, 2.45) is 0 Å². The Balaban J connectivity index is 2.80. The summed E-state index contributed by atoms with van der Waals surface area (Å²) in [7, 11) is 1.57. The minimum absolute atomic E-state index is 0.126. The molecular weight excluding hydrogens is 262 g/mol. The summed E-state index contributed by atoms with van der Waals surface area (Å²) in [5, 5.41) is 5.44. The lowest BCUT2D eigenvalue weighted by Gasteiger charge is -2.13. The third-order valence-corrected chi connectivity index (χ3v) is 2.34. The number of anilines is 2. The molecule has 1 unspecified atom stereocenters. The fourth-order valence-corrected chi connectivity index (χ4v) is 1.27. The quantitative estimate of drug-likeness (QED) is 0.740. The highest BCUT2D eigenvalue weighted by molar-refractivity contribution is 9.10. The van der Waals surface area contributed by atoms with Crippen molar-refractivity contribution in [2.75, 3.05) is 18.1 Å². The molecule has 1 atom stereocenters. The Morgan fingerprint density at radius 1 is 1.67 bits per heavy atom. The van der Waals surface area contributed by atoms with Crippen LogP contribution < -0.4 is 16.4 Å². The number of nitrogens with two attached hydrogens (primary N) is 1. The first-order chi connectivity index (χ1) is 7.04. The van der Waals surface area contributed by atoms with Crippen LogP contribution in [0.25, 0.3) is 0 Å². The van der Waals surface area contributed by atoms with Crippen LogP contribution in [0.1, 0.15) is 6.92 Å². The van der Waals surface area contributed by atoms with E-state index < -0.39 is 0 Å². The molecule has 0 fully saturated rings. The van der Waals surface area contributed by atoms with Crippen LogP contribution in [0, 0.1) is 0 Å². The molecule has 7 heteroatoms. The second-order valence-electron chi connectivity index (χ2n) is 2.91. The number of nitrogens with zero attached hydrogens (tertiary/aromatic N) is 2. The zero-order valence-corrected chi connectivity index (χ0v) is 10.00. The molecule has 0 spiro atoms. The van der Waals surface area contributed by atoms with Crippen molar-refractivity contribution in [2.45, 2.75) is 13.0 Å². The predicted octanol–water partition coefficient (Wildman–Crippen LogP) is 0.368. The van der Waals surface area contributed by atoms with Gasteiger partial charge < -0.3 is 16.4 Å². The molecule has 4 N–H and O–H groups in total. The van der Waals surface area contributed by atoms with Crippen molar-refractivity contribution in [3.05, 3.63) is 10.7 Å². The van der Waals surface area contributed by atoms with Crippen LogP contribution in [0.2, 0.25) is 0 Å². The summed E-state index contributed by atoms with van der Waals surface area (Å²) in [4.78, 5) is 19.0. The first-order valence-electron chi connectivity index (χ1n) is 4.30. The minimum atomic E-state index is -0.388. The number of halogens is 1. The molecule has 0 aliphatic rings. The summed E-state index contributed by atoms with van der Waals surface area (Å²) < 4.78 is 0.660. The number of nitrogens with one attached hydrogen (secondary N) is 2. The van der Waals surface area contributed by atoms with E-state index in [-0.39, 0.29) is 17.9 Å². The van der Waals surface area contributed by atoms with E-state index in [4.69, 9.17) is 5.73 Å². The summed E-state index contributed by atoms with van der Waals surface area (Å²) >= 11 is 3.26. The van der Waals surface area contributed by atoms with Gasteiger partial charge in [-0.2, -0.15) is 4.98 Å². The van der Waals surface area contributed by atoms with Crippen molar-refractivity contribution in [1.82, 2.24) is 15.3 Å². The van der Waals surface area contributed by atoms with Gasteiger partial charge in [-0.25, -0.2) is 4.98 Å². The van der Waals surface area contributed by atoms with Gasteiger partial charge in [0.2, 0.25) is 11.9 Å². The fourth-order valence-electron chi connectivity index (χ4n) is 0.969. The van der Waals surface area contributed by atoms with Crippen LogP contribution in [-0.2, 0) is 4.79 Å². The van der Waals surface area contributed by atoms with Gasteiger partial charge >= 0.3 is 0 Å². The Morgan fingerprint density at radius 3 is 2.93 bits per heavy atom. The van der Waals surface area contributed by atoms with E-state index in [0.717, 1.165) is 0 Å². The largest absolute Gasteiger partial charge is 0.368 e. The number of carbonyl (C=O) groups excluding carboxylic acids is 1. The molecule has 0 aromatic carbocycles. The smallest absolute Gasteiger partial charge is 0.241 e. The van der Waals surface area contributed by atoms with Crippen LogP contribution >= 0.6 is 15.9 Å². The first kappa shape index (κ1) is 11.7. The van der Waals surface area contributed by atoms with Crippen LogP contribution in [0.3, 0.4) is 0 Å². The molecule has 1 aromatic heterocycles. The van der Waals surface area contributed by atoms with E-state index in [1.807, 2.05) is 0 Å². The molecule has 0 aliphatic heterocycles. The number of nitrogen functional groups attached to an aromatic ring is 1. The lowest BCUT2D eigenvalue weighted by Crippen LogP contribution is -2.35. The number of hydrogen-bond donors (Lipinski definition) is 3. The first-order valence-corrected chi connectivity index (χ1v) is 5.10. The average Bonchev–Trinajstić information content (AvgIpc) is 2.22. The predicted molar refractivity (Wildman–Crippen MR) is 61.3 cm³/mol. The van der Waals surface area contributed by atoms with E-state index in [2.05, 4.69) is 36.5 Å². The number of aromatic nitrogens is 2. The number of likely N-dealkylation sites (N-methyl/N-ethyl adjacent to an activating group) is 1. The molecule has 15 heavy (non-hydrogen) atoms. The van der Waals surface area contributed by atoms with Crippen molar-refractivity contribution in [1.29, 1.82) is 0 Å². The Hall–Kier alpha value is -1.37. The van der Waals surface area contributed by atoms with E-state index in [9.17, 15) is 4.79 Å². The highest BCUT2D eigenvalue weighted by Gasteiger charge is 2.13. The van der Waals surface area contributed by atoms with Crippen LogP contribution in [0.5, 0.6) is 0 Å². The maximum Gasteiger partial charge on any atom is 0.241 e. The number of carbonyl (C=O) groups is 1. The van der Waals surface area contributed by atoms with E-state index in [1.165, 1.54) is 6.20 Å². The molecule has 1 heterocycles. The van der Waals surface area contributed by atoms with Gasteiger partial charge in [-0.15, -0.1) is 0 Å². The number of rotatable bonds is 3. The number of hydrogen-bond acceptors (Lipinski definition) is 5. The summed E-state index contributed by atoms with van der Waals surface area (Å²) in [6.45, 7) is 1.73. The van der Waals surface area contributed by atoms with Crippen molar-refractivity contribution in [3.63, 3.8) is 0 Å². The van der Waals surface area contributed by atoms with Crippen molar-refractivity contribution < 1.29 is 4.79 Å². The lowest BCUT2D eigenvalue weighted by molar-refractivity contribution is -0.121. The second kappa shape index (κ2) is 4.92. The molecule has 0 radical (unpaired) electrons. The van der Waals surface area contributed by atoms with Gasteiger partial charge in [0.05, 0.1) is 4.47 Å². The van der Waals surface area contributed by atoms with E-state index >= 15 is 0 Å². The second-order valence-corrected chi connectivity index (χ2v) is 3.76. The summed E-state index contributed by atoms with van der Waals surface area (Å²) in [5.74, 6) is 0.530. The van der Waals surface area contributed by atoms with Crippen LogP contribution in [0.4, 0.5) is 11.8 Å². The van der Waals surface area contributed by atoms with Gasteiger partial charge in [0.1, 0.15) is 11.9 Å². The summed E-state index contributed by atoms with van der Waals surface area (Å²) in [6.07, 6.45) is 1.53. The Labute approximate surface area is 95.8 Å². The molecule has 1 rings (SSSR count). The van der Waals surface area contributed by atoms with Crippen LogP contribution in [-0.4, -0.2) is 29.0 Å². The van der Waals surface area contributed by atoms with Crippen molar-refractivity contribution >= 4 is 33.6 Å². The highest BCUT2D eigenvalue weighted by Crippen LogP contribution is 2.19. The zero-order chi connectivity index (χ0) is 11.4. The molecule has 0 bridgehead atoms. The average molecular weight is 274 g/mol.